The summed E-state index contributed by atoms with van der Waals surface area (Å²) in [5.74, 6) is -0.132. The number of carbonyl (C=O) groups is 1. The van der Waals surface area contributed by atoms with E-state index in [0.29, 0.717) is 22.8 Å². The Kier molecular flexibility index (Phi) is 7.95. The molecule has 1 amide bonds. The molecule has 2 aromatic rings. The van der Waals surface area contributed by atoms with Gasteiger partial charge in [0.2, 0.25) is 0 Å². The van der Waals surface area contributed by atoms with Gasteiger partial charge in [-0.1, -0.05) is 30.7 Å². The summed E-state index contributed by atoms with van der Waals surface area (Å²) in [5, 5.41) is 13.6. The molecule has 7 heteroatoms. The van der Waals surface area contributed by atoms with Crippen LogP contribution in [0.2, 0.25) is 5.02 Å². The van der Waals surface area contributed by atoms with Crippen LogP contribution in [0.15, 0.2) is 30.5 Å². The van der Waals surface area contributed by atoms with E-state index in [4.69, 9.17) is 11.6 Å². The summed E-state index contributed by atoms with van der Waals surface area (Å²) in [5.41, 5.74) is 2.12. The number of aromatic nitrogens is 2. The molecule has 0 spiro atoms. The molecule has 0 atom stereocenters. The van der Waals surface area contributed by atoms with Gasteiger partial charge >= 0.3 is 0 Å². The minimum atomic E-state index is -0.132. The van der Waals surface area contributed by atoms with Crippen molar-refractivity contribution < 1.29 is 4.79 Å². The number of hydrogen-bond donors (Lipinski definition) is 3. The molecule has 5 nitrogen and oxygen atoms in total. The van der Waals surface area contributed by atoms with E-state index in [0.717, 1.165) is 25.1 Å². The number of H-pyrrole nitrogens is 1. The topological polar surface area (TPSA) is 69.8 Å². The third-order valence-electron chi connectivity index (χ3n) is 3.03. The fourth-order valence-electron chi connectivity index (χ4n) is 1.96. The Labute approximate surface area is 141 Å². The van der Waals surface area contributed by atoms with Crippen molar-refractivity contribution in [1.82, 2.24) is 20.8 Å². The van der Waals surface area contributed by atoms with Crippen molar-refractivity contribution in [2.75, 3.05) is 19.6 Å². The van der Waals surface area contributed by atoms with E-state index < -0.39 is 0 Å². The summed E-state index contributed by atoms with van der Waals surface area (Å²) in [6.45, 7) is 4.41. The molecule has 120 valence electrons. The standard InChI is InChI=1S/C15H19ClN4O.ClH/c1-2-7-17-8-9-18-15(21)13-10-19-20-14(13)11-3-5-12(16)6-4-11;/h3-6,10,17H,2,7-9H2,1H3,(H,18,21)(H,19,20);1H. The molecule has 0 aliphatic rings. The second-order valence-electron chi connectivity index (χ2n) is 4.67. The van der Waals surface area contributed by atoms with Crippen molar-refractivity contribution in [1.29, 1.82) is 0 Å². The molecular weight excluding hydrogens is 323 g/mol. The predicted molar refractivity (Wildman–Crippen MR) is 91.8 cm³/mol. The molecule has 1 aromatic heterocycles. The molecule has 0 saturated heterocycles. The van der Waals surface area contributed by atoms with Gasteiger partial charge in [0.25, 0.3) is 5.91 Å². The van der Waals surface area contributed by atoms with Gasteiger partial charge in [-0.15, -0.1) is 12.4 Å². The van der Waals surface area contributed by atoms with Gasteiger partial charge in [0, 0.05) is 23.7 Å². The van der Waals surface area contributed by atoms with Crippen LogP contribution in [0.25, 0.3) is 11.3 Å². The zero-order valence-corrected chi connectivity index (χ0v) is 13.9. The second-order valence-corrected chi connectivity index (χ2v) is 5.11. The Morgan fingerprint density at radius 2 is 1.95 bits per heavy atom. The average Bonchev–Trinajstić information content (AvgIpc) is 2.97. The SMILES string of the molecule is CCCNCCNC(=O)c1cn[nH]c1-c1ccc(Cl)cc1.Cl. The van der Waals surface area contributed by atoms with Crippen LogP contribution in [0, 0.1) is 0 Å². The minimum absolute atomic E-state index is 0. The van der Waals surface area contributed by atoms with Crippen LogP contribution < -0.4 is 10.6 Å². The van der Waals surface area contributed by atoms with Gasteiger partial charge in [0.15, 0.2) is 0 Å². The number of nitrogens with zero attached hydrogens (tertiary/aromatic N) is 1. The highest BCUT2D eigenvalue weighted by Gasteiger charge is 2.14. The third kappa shape index (κ3) is 5.02. The molecule has 1 aromatic carbocycles. The van der Waals surface area contributed by atoms with E-state index in [2.05, 4.69) is 27.8 Å². The normalized spacial score (nSPS) is 10.1. The van der Waals surface area contributed by atoms with Gasteiger partial charge in [0.05, 0.1) is 17.5 Å². The monoisotopic (exact) mass is 342 g/mol. The smallest absolute Gasteiger partial charge is 0.255 e. The van der Waals surface area contributed by atoms with Gasteiger partial charge in [0.1, 0.15) is 0 Å². The molecule has 0 bridgehead atoms. The number of nitrogens with one attached hydrogen (secondary N) is 3. The first kappa shape index (κ1) is 18.5. The number of carbonyl (C=O) groups excluding carboxylic acids is 1. The van der Waals surface area contributed by atoms with Crippen LogP contribution in [-0.2, 0) is 0 Å². The Morgan fingerprint density at radius 3 is 2.64 bits per heavy atom. The van der Waals surface area contributed by atoms with Crippen LogP contribution in [0.1, 0.15) is 23.7 Å². The fourth-order valence-corrected chi connectivity index (χ4v) is 2.08. The molecular formula is C15H20Cl2N4O. The maximum atomic E-state index is 12.2. The van der Waals surface area contributed by atoms with Crippen LogP contribution in [0.4, 0.5) is 0 Å². The molecule has 0 unspecified atom stereocenters. The Hall–Kier alpha value is -1.56. The number of aromatic amines is 1. The summed E-state index contributed by atoms with van der Waals surface area (Å²) in [4.78, 5) is 12.2. The third-order valence-corrected chi connectivity index (χ3v) is 3.28. The number of hydrogen-bond acceptors (Lipinski definition) is 3. The van der Waals surface area contributed by atoms with Crippen LogP contribution in [-0.4, -0.2) is 35.7 Å². The number of rotatable bonds is 7. The zero-order chi connectivity index (χ0) is 15.1. The molecule has 0 fully saturated rings. The molecule has 22 heavy (non-hydrogen) atoms. The molecule has 1 heterocycles. The summed E-state index contributed by atoms with van der Waals surface area (Å²) in [7, 11) is 0. The maximum absolute atomic E-state index is 12.2. The summed E-state index contributed by atoms with van der Waals surface area (Å²) < 4.78 is 0. The predicted octanol–water partition coefficient (Wildman–Crippen LogP) is 2.88. The highest BCUT2D eigenvalue weighted by atomic mass is 35.5. The van der Waals surface area contributed by atoms with Crippen molar-refractivity contribution in [3.8, 4) is 11.3 Å². The Balaban J connectivity index is 0.00000242. The van der Waals surface area contributed by atoms with Gasteiger partial charge in [-0.05, 0) is 25.1 Å². The average molecular weight is 343 g/mol. The lowest BCUT2D eigenvalue weighted by atomic mass is 10.1. The minimum Gasteiger partial charge on any atom is -0.351 e. The summed E-state index contributed by atoms with van der Waals surface area (Å²) >= 11 is 5.87. The lowest BCUT2D eigenvalue weighted by Gasteiger charge is -2.07. The van der Waals surface area contributed by atoms with E-state index in [1.54, 1.807) is 18.3 Å². The summed E-state index contributed by atoms with van der Waals surface area (Å²) in [6, 6.07) is 7.28. The quantitative estimate of drug-likeness (QED) is 0.677. The molecule has 0 aliphatic carbocycles. The van der Waals surface area contributed by atoms with Crippen LogP contribution in [0.5, 0.6) is 0 Å². The zero-order valence-electron chi connectivity index (χ0n) is 12.4. The first-order valence-electron chi connectivity index (χ1n) is 7.00. The van der Waals surface area contributed by atoms with E-state index in [1.807, 2.05) is 12.1 Å². The number of halogens is 2. The highest BCUT2D eigenvalue weighted by Crippen LogP contribution is 2.22. The Morgan fingerprint density at radius 1 is 1.23 bits per heavy atom. The van der Waals surface area contributed by atoms with Gasteiger partial charge in [-0.2, -0.15) is 5.10 Å². The summed E-state index contributed by atoms with van der Waals surface area (Å²) in [6.07, 6.45) is 2.62. The van der Waals surface area contributed by atoms with Gasteiger partial charge in [-0.3, -0.25) is 9.89 Å². The first-order valence-corrected chi connectivity index (χ1v) is 7.38. The van der Waals surface area contributed by atoms with Crippen molar-refractivity contribution >= 4 is 29.9 Å². The lowest BCUT2D eigenvalue weighted by molar-refractivity contribution is 0.0954. The van der Waals surface area contributed by atoms with Gasteiger partial charge in [-0.25, -0.2) is 0 Å². The van der Waals surface area contributed by atoms with Crippen molar-refractivity contribution in [2.45, 2.75) is 13.3 Å². The second kappa shape index (κ2) is 9.46. The van der Waals surface area contributed by atoms with Crippen LogP contribution in [0.3, 0.4) is 0 Å². The lowest BCUT2D eigenvalue weighted by Crippen LogP contribution is -2.32. The first-order chi connectivity index (χ1) is 10.2. The van der Waals surface area contributed by atoms with E-state index in [1.165, 1.54) is 0 Å². The van der Waals surface area contributed by atoms with E-state index >= 15 is 0 Å². The molecule has 0 saturated carbocycles. The molecule has 0 aliphatic heterocycles. The molecule has 2 rings (SSSR count). The van der Waals surface area contributed by atoms with Crippen molar-refractivity contribution in [2.24, 2.45) is 0 Å². The van der Waals surface area contributed by atoms with Crippen molar-refractivity contribution in [3.63, 3.8) is 0 Å². The van der Waals surface area contributed by atoms with E-state index in [-0.39, 0.29) is 18.3 Å². The van der Waals surface area contributed by atoms with Crippen LogP contribution >= 0.6 is 24.0 Å². The van der Waals surface area contributed by atoms with Crippen molar-refractivity contribution in [3.05, 3.63) is 41.0 Å². The molecule has 0 radical (unpaired) electrons. The largest absolute Gasteiger partial charge is 0.351 e. The Bertz CT molecular complexity index is 583. The maximum Gasteiger partial charge on any atom is 0.255 e. The van der Waals surface area contributed by atoms with Gasteiger partial charge < -0.3 is 10.6 Å². The number of benzene rings is 1. The van der Waals surface area contributed by atoms with E-state index in [9.17, 15) is 4.79 Å². The number of amides is 1. The molecule has 3 N–H and O–H groups in total. The fraction of sp³-hybridized carbons (Fsp3) is 0.333. The highest BCUT2D eigenvalue weighted by molar-refractivity contribution is 6.30.